The van der Waals surface area contributed by atoms with Gasteiger partial charge in [-0.15, -0.1) is 0 Å². The highest BCUT2D eigenvalue weighted by atomic mass is 127. The molecule has 0 saturated carbocycles. The molecule has 1 unspecified atom stereocenters. The monoisotopic (exact) mass is 360 g/mol. The van der Waals surface area contributed by atoms with Crippen molar-refractivity contribution in [2.24, 2.45) is 0 Å². The van der Waals surface area contributed by atoms with Gasteiger partial charge in [-0.2, -0.15) is 0 Å². The Bertz CT molecular complexity index is 451. The van der Waals surface area contributed by atoms with Gasteiger partial charge in [0.1, 0.15) is 0 Å². The Morgan fingerprint density at radius 3 is 3.06 bits per heavy atom. The fourth-order valence-corrected chi connectivity index (χ4v) is 3.01. The summed E-state index contributed by atoms with van der Waals surface area (Å²) in [5, 5.41) is 12.1. The number of carbonyl (C=O) groups is 1. The SMILES string of the molecule is Cc1ccc(NC(=O)N2CCCC2CO)c(I)c1. The van der Waals surface area contributed by atoms with Crippen molar-refractivity contribution in [1.29, 1.82) is 0 Å². The molecule has 1 heterocycles. The van der Waals surface area contributed by atoms with E-state index in [1.54, 1.807) is 4.90 Å². The van der Waals surface area contributed by atoms with Crippen molar-refractivity contribution < 1.29 is 9.90 Å². The quantitative estimate of drug-likeness (QED) is 0.797. The molecular weight excluding hydrogens is 343 g/mol. The van der Waals surface area contributed by atoms with Crippen molar-refractivity contribution in [3.63, 3.8) is 0 Å². The van der Waals surface area contributed by atoms with Gasteiger partial charge in [-0.25, -0.2) is 4.79 Å². The highest BCUT2D eigenvalue weighted by Gasteiger charge is 2.28. The number of nitrogens with one attached hydrogen (secondary N) is 1. The molecule has 1 fully saturated rings. The molecule has 0 radical (unpaired) electrons. The molecule has 1 aliphatic rings. The summed E-state index contributed by atoms with van der Waals surface area (Å²) in [5.41, 5.74) is 2.00. The number of aliphatic hydroxyl groups excluding tert-OH is 1. The zero-order chi connectivity index (χ0) is 13.1. The lowest BCUT2D eigenvalue weighted by Crippen LogP contribution is -2.40. The normalized spacial score (nSPS) is 19.1. The van der Waals surface area contributed by atoms with Crippen LogP contribution in [-0.2, 0) is 0 Å². The number of hydrogen-bond donors (Lipinski definition) is 2. The second kappa shape index (κ2) is 5.88. The summed E-state index contributed by atoms with van der Waals surface area (Å²) in [6.07, 6.45) is 1.85. The average Bonchev–Trinajstić information content (AvgIpc) is 2.81. The number of aliphatic hydroxyl groups is 1. The highest BCUT2D eigenvalue weighted by Crippen LogP contribution is 2.22. The standard InChI is InChI=1S/C13H17IN2O2/c1-9-4-5-12(11(14)7-9)15-13(18)16-6-2-3-10(16)8-17/h4-5,7,10,17H,2-3,6,8H2,1H3,(H,15,18). The van der Waals surface area contributed by atoms with E-state index in [2.05, 4.69) is 27.9 Å². The number of benzene rings is 1. The first-order valence-corrected chi connectivity index (χ1v) is 7.14. The molecule has 0 spiro atoms. The van der Waals surface area contributed by atoms with Crippen LogP contribution in [0.2, 0.25) is 0 Å². The third kappa shape index (κ3) is 2.95. The Labute approximate surface area is 121 Å². The molecule has 1 saturated heterocycles. The molecule has 18 heavy (non-hydrogen) atoms. The van der Waals surface area contributed by atoms with Crippen molar-refractivity contribution in [2.75, 3.05) is 18.5 Å². The summed E-state index contributed by atoms with van der Waals surface area (Å²) in [4.78, 5) is 13.8. The first-order valence-electron chi connectivity index (χ1n) is 6.06. The first-order chi connectivity index (χ1) is 8.61. The Kier molecular flexibility index (Phi) is 4.45. The van der Waals surface area contributed by atoms with Crippen molar-refractivity contribution in [3.8, 4) is 0 Å². The summed E-state index contributed by atoms with van der Waals surface area (Å²) < 4.78 is 1.03. The van der Waals surface area contributed by atoms with E-state index < -0.39 is 0 Å². The van der Waals surface area contributed by atoms with E-state index >= 15 is 0 Å². The van der Waals surface area contributed by atoms with E-state index in [-0.39, 0.29) is 18.7 Å². The molecule has 1 atom stereocenters. The van der Waals surface area contributed by atoms with Crippen molar-refractivity contribution >= 4 is 34.3 Å². The van der Waals surface area contributed by atoms with Gasteiger partial charge in [0, 0.05) is 10.1 Å². The van der Waals surface area contributed by atoms with Crippen LogP contribution in [-0.4, -0.2) is 35.2 Å². The molecule has 98 valence electrons. The second-order valence-corrected chi connectivity index (χ2v) is 5.75. The maximum Gasteiger partial charge on any atom is 0.322 e. The number of carbonyl (C=O) groups excluding carboxylic acids is 1. The van der Waals surface area contributed by atoms with E-state index in [4.69, 9.17) is 0 Å². The minimum Gasteiger partial charge on any atom is -0.394 e. The van der Waals surface area contributed by atoms with E-state index in [0.29, 0.717) is 0 Å². The molecule has 0 aliphatic carbocycles. The molecule has 2 rings (SSSR count). The van der Waals surface area contributed by atoms with Crippen molar-refractivity contribution in [3.05, 3.63) is 27.3 Å². The number of nitrogens with zero attached hydrogens (tertiary/aromatic N) is 1. The van der Waals surface area contributed by atoms with Gasteiger partial charge in [0.25, 0.3) is 0 Å². The van der Waals surface area contributed by atoms with Crippen LogP contribution in [0.3, 0.4) is 0 Å². The predicted molar refractivity (Wildman–Crippen MR) is 79.7 cm³/mol. The number of rotatable bonds is 2. The number of amides is 2. The molecule has 1 aromatic carbocycles. The van der Waals surface area contributed by atoms with Gasteiger partial charge < -0.3 is 15.3 Å². The molecule has 0 aromatic heterocycles. The van der Waals surface area contributed by atoms with Gasteiger partial charge in [0.15, 0.2) is 0 Å². The molecule has 5 heteroatoms. The van der Waals surface area contributed by atoms with Crippen molar-refractivity contribution in [2.45, 2.75) is 25.8 Å². The Morgan fingerprint density at radius 2 is 2.39 bits per heavy atom. The Balaban J connectivity index is 2.07. The minimum absolute atomic E-state index is 0.0342. The van der Waals surface area contributed by atoms with Crippen LogP contribution in [0.4, 0.5) is 10.5 Å². The average molecular weight is 360 g/mol. The Morgan fingerprint density at radius 1 is 1.61 bits per heavy atom. The fourth-order valence-electron chi connectivity index (χ4n) is 2.20. The van der Waals surface area contributed by atoms with Gasteiger partial charge in [0.2, 0.25) is 0 Å². The van der Waals surface area contributed by atoms with Gasteiger partial charge in [-0.3, -0.25) is 0 Å². The largest absolute Gasteiger partial charge is 0.394 e. The molecule has 4 nitrogen and oxygen atoms in total. The fraction of sp³-hybridized carbons (Fsp3) is 0.462. The Hall–Kier alpha value is -0.820. The smallest absolute Gasteiger partial charge is 0.322 e. The maximum absolute atomic E-state index is 12.1. The lowest BCUT2D eigenvalue weighted by molar-refractivity contribution is 0.166. The van der Waals surface area contributed by atoms with Gasteiger partial charge >= 0.3 is 6.03 Å². The predicted octanol–water partition coefficient (Wildman–Crippen LogP) is 2.59. The van der Waals surface area contributed by atoms with Crippen LogP contribution in [0.15, 0.2) is 18.2 Å². The second-order valence-electron chi connectivity index (χ2n) is 4.59. The van der Waals surface area contributed by atoms with Crippen LogP contribution in [0.5, 0.6) is 0 Å². The third-order valence-corrected chi connectivity index (χ3v) is 4.11. The summed E-state index contributed by atoms with van der Waals surface area (Å²) in [6.45, 7) is 2.79. The zero-order valence-corrected chi connectivity index (χ0v) is 12.5. The highest BCUT2D eigenvalue weighted by molar-refractivity contribution is 14.1. The number of halogens is 1. The van der Waals surface area contributed by atoms with Gasteiger partial charge in [0.05, 0.1) is 18.3 Å². The molecular formula is C13H17IN2O2. The van der Waals surface area contributed by atoms with Gasteiger partial charge in [-0.05, 0) is 60.1 Å². The van der Waals surface area contributed by atoms with E-state index in [1.807, 2.05) is 25.1 Å². The van der Waals surface area contributed by atoms with Crippen LogP contribution in [0, 0.1) is 10.5 Å². The molecule has 1 aliphatic heterocycles. The van der Waals surface area contributed by atoms with Crippen LogP contribution in [0.25, 0.3) is 0 Å². The van der Waals surface area contributed by atoms with E-state index in [9.17, 15) is 9.90 Å². The van der Waals surface area contributed by atoms with E-state index in [0.717, 1.165) is 28.6 Å². The lowest BCUT2D eigenvalue weighted by atomic mass is 10.2. The topological polar surface area (TPSA) is 52.6 Å². The molecule has 0 bridgehead atoms. The third-order valence-electron chi connectivity index (χ3n) is 3.21. The van der Waals surface area contributed by atoms with E-state index in [1.165, 1.54) is 5.56 Å². The number of urea groups is 1. The summed E-state index contributed by atoms with van der Waals surface area (Å²) in [6, 6.07) is 5.77. The summed E-state index contributed by atoms with van der Waals surface area (Å²) >= 11 is 2.21. The lowest BCUT2D eigenvalue weighted by Gasteiger charge is -2.23. The van der Waals surface area contributed by atoms with Crippen LogP contribution < -0.4 is 5.32 Å². The van der Waals surface area contributed by atoms with Crippen LogP contribution in [0.1, 0.15) is 18.4 Å². The number of hydrogen-bond acceptors (Lipinski definition) is 2. The number of likely N-dealkylation sites (tertiary alicyclic amines) is 1. The summed E-state index contributed by atoms with van der Waals surface area (Å²) in [7, 11) is 0. The zero-order valence-electron chi connectivity index (χ0n) is 10.3. The van der Waals surface area contributed by atoms with Gasteiger partial charge in [-0.1, -0.05) is 6.07 Å². The van der Waals surface area contributed by atoms with Crippen LogP contribution >= 0.6 is 22.6 Å². The van der Waals surface area contributed by atoms with Crippen molar-refractivity contribution in [1.82, 2.24) is 4.90 Å². The maximum atomic E-state index is 12.1. The minimum atomic E-state index is -0.117. The summed E-state index contributed by atoms with van der Waals surface area (Å²) in [5.74, 6) is 0. The molecule has 1 aromatic rings. The number of aryl methyl sites for hydroxylation is 1. The molecule has 2 N–H and O–H groups in total. The molecule has 2 amide bonds. The number of anilines is 1. The first kappa shape index (κ1) is 13.6.